The van der Waals surface area contributed by atoms with Crippen LogP contribution in [0.4, 0.5) is 10.5 Å². The number of urea groups is 1. The van der Waals surface area contributed by atoms with E-state index in [9.17, 15) is 19.2 Å². The highest BCUT2D eigenvalue weighted by Gasteiger charge is 2.47. The Morgan fingerprint density at radius 1 is 0.906 bits per heavy atom. The standard InChI is InChI=1S/C41H55N5O7/c1-23(2)36(42)40(49)46-33(7-6-16-44-41(43)50)39(48)45-31-12-8-25(9-13-31)22-53-37-24(3)32(14-10-28(37)11-15-34(47)51-4)38(52-5)35-29-18-26-17-27(20-29)21-30(35)19-26/h8-15,23,26-27,29-30,33,36H,6-7,16-22,42H2,1-5H3,(H,45,48)(H,46,49)(H3,43,44,50)/b15-11+,38-35?/t26?,27?,29?,30?,33-,36+/m1/s1. The molecule has 12 nitrogen and oxygen atoms in total. The summed E-state index contributed by atoms with van der Waals surface area (Å²) in [6.07, 6.45) is 10.1. The number of hydrogen-bond acceptors (Lipinski definition) is 8. The van der Waals surface area contributed by atoms with Gasteiger partial charge in [-0.05, 0) is 111 Å². The zero-order valence-corrected chi connectivity index (χ0v) is 31.5. The van der Waals surface area contributed by atoms with E-state index in [1.807, 2.05) is 39.0 Å². The minimum absolute atomic E-state index is 0.114. The number of rotatable bonds is 16. The Bertz CT molecular complexity index is 1690. The Morgan fingerprint density at radius 2 is 1.57 bits per heavy atom. The third-order valence-electron chi connectivity index (χ3n) is 11.0. The van der Waals surface area contributed by atoms with Crippen molar-refractivity contribution in [3.05, 3.63) is 70.3 Å². The molecule has 0 aliphatic heterocycles. The first kappa shape index (κ1) is 39.4. The van der Waals surface area contributed by atoms with Crippen molar-refractivity contribution in [1.82, 2.24) is 10.6 Å². The summed E-state index contributed by atoms with van der Waals surface area (Å²) < 4.78 is 17.6. The number of primary amides is 1. The highest BCUT2D eigenvalue weighted by atomic mass is 16.5. The van der Waals surface area contributed by atoms with Crippen LogP contribution >= 0.6 is 0 Å². The molecule has 0 aromatic heterocycles. The second-order valence-electron chi connectivity index (χ2n) is 15.0. The summed E-state index contributed by atoms with van der Waals surface area (Å²) in [6, 6.07) is 8.96. The van der Waals surface area contributed by atoms with Crippen LogP contribution < -0.4 is 32.2 Å². The lowest BCUT2D eigenvalue weighted by Gasteiger charge is -2.51. The average molecular weight is 730 g/mol. The highest BCUT2D eigenvalue weighted by Crippen LogP contribution is 2.58. The Hall–Kier alpha value is -4.84. The molecule has 2 aromatic carbocycles. The van der Waals surface area contributed by atoms with Gasteiger partial charge in [0.1, 0.15) is 24.2 Å². The average Bonchev–Trinajstić information content (AvgIpc) is 3.12. The van der Waals surface area contributed by atoms with Crippen LogP contribution in [0.1, 0.15) is 81.0 Å². The van der Waals surface area contributed by atoms with Gasteiger partial charge in [-0.1, -0.05) is 38.1 Å². The summed E-state index contributed by atoms with van der Waals surface area (Å²) in [7, 11) is 3.10. The number of anilines is 1. The van der Waals surface area contributed by atoms with Gasteiger partial charge >= 0.3 is 12.0 Å². The number of carbonyl (C=O) groups is 4. The SMILES string of the molecule is COC(=O)/C=C/c1ccc(C(OC)=C2C3CC4CC(C3)CC2C4)c(C)c1OCc1ccc(NC(=O)[C@@H](CCCNC(N)=O)NC(=O)[C@@H](N)C(C)C)cc1. The maximum Gasteiger partial charge on any atom is 0.330 e. The smallest absolute Gasteiger partial charge is 0.330 e. The van der Waals surface area contributed by atoms with Crippen molar-refractivity contribution < 1.29 is 33.4 Å². The van der Waals surface area contributed by atoms with Crippen LogP contribution in [-0.2, 0) is 30.5 Å². The maximum absolute atomic E-state index is 13.3. The number of nitrogens with two attached hydrogens (primary N) is 2. The summed E-state index contributed by atoms with van der Waals surface area (Å²) >= 11 is 0. The van der Waals surface area contributed by atoms with Crippen molar-refractivity contribution in [2.24, 2.45) is 41.1 Å². The van der Waals surface area contributed by atoms with Gasteiger partial charge in [-0.25, -0.2) is 9.59 Å². The number of esters is 1. The summed E-state index contributed by atoms with van der Waals surface area (Å²) in [5, 5.41) is 8.13. The van der Waals surface area contributed by atoms with E-state index in [1.165, 1.54) is 50.9 Å². The Morgan fingerprint density at radius 3 is 2.15 bits per heavy atom. The molecule has 4 aliphatic carbocycles. The van der Waals surface area contributed by atoms with Crippen LogP contribution in [0.15, 0.2) is 48.0 Å². The highest BCUT2D eigenvalue weighted by molar-refractivity contribution is 5.98. The lowest BCUT2D eigenvalue weighted by molar-refractivity contribution is -0.134. The minimum atomic E-state index is -0.873. The van der Waals surface area contributed by atoms with Crippen LogP contribution in [0.2, 0.25) is 0 Å². The van der Waals surface area contributed by atoms with Gasteiger partial charge in [0.15, 0.2) is 0 Å². The largest absolute Gasteiger partial charge is 0.496 e. The molecular weight excluding hydrogens is 674 g/mol. The van der Waals surface area contributed by atoms with Gasteiger partial charge in [-0.3, -0.25) is 9.59 Å². The predicted molar refractivity (Wildman–Crippen MR) is 204 cm³/mol. The van der Waals surface area contributed by atoms with E-state index in [1.54, 1.807) is 25.3 Å². The molecule has 4 bridgehead atoms. The third-order valence-corrected chi connectivity index (χ3v) is 11.0. The van der Waals surface area contributed by atoms with Crippen LogP contribution in [-0.4, -0.2) is 56.7 Å². The molecular formula is C41H55N5O7. The molecule has 0 unspecified atom stereocenters. The van der Waals surface area contributed by atoms with Gasteiger partial charge in [0, 0.05) is 35.0 Å². The molecule has 0 heterocycles. The summed E-state index contributed by atoms with van der Waals surface area (Å²) in [5.41, 5.74) is 16.7. The van der Waals surface area contributed by atoms with E-state index in [0.29, 0.717) is 29.7 Å². The number of benzene rings is 2. The predicted octanol–water partition coefficient (Wildman–Crippen LogP) is 5.43. The van der Waals surface area contributed by atoms with Crippen LogP contribution in [0.3, 0.4) is 0 Å². The number of ether oxygens (including phenoxy) is 3. The van der Waals surface area contributed by atoms with Crippen molar-refractivity contribution >= 4 is 41.3 Å². The molecule has 7 N–H and O–H groups in total. The third kappa shape index (κ3) is 9.78. The van der Waals surface area contributed by atoms with Gasteiger partial charge in [-0.2, -0.15) is 0 Å². The van der Waals surface area contributed by atoms with Gasteiger partial charge in [0.2, 0.25) is 11.8 Å². The molecule has 12 heteroatoms. The quantitative estimate of drug-likeness (QED) is 0.0656. The van der Waals surface area contributed by atoms with Crippen molar-refractivity contribution in [2.45, 2.75) is 84.4 Å². The molecule has 4 fully saturated rings. The Balaban J connectivity index is 1.32. The van der Waals surface area contributed by atoms with E-state index in [2.05, 4.69) is 22.0 Å². The number of hydrogen-bond donors (Lipinski definition) is 5. The van der Waals surface area contributed by atoms with Crippen molar-refractivity contribution in [1.29, 1.82) is 0 Å². The van der Waals surface area contributed by atoms with Gasteiger partial charge in [0.25, 0.3) is 0 Å². The second kappa shape index (κ2) is 17.8. The first-order chi connectivity index (χ1) is 25.4. The normalized spacial score (nSPS) is 21.2. The molecule has 0 saturated heterocycles. The van der Waals surface area contributed by atoms with Crippen molar-refractivity contribution in [3.63, 3.8) is 0 Å². The lowest BCUT2D eigenvalue weighted by atomic mass is 9.54. The monoisotopic (exact) mass is 729 g/mol. The molecule has 0 radical (unpaired) electrons. The fourth-order valence-electron chi connectivity index (χ4n) is 8.38. The summed E-state index contributed by atoms with van der Waals surface area (Å²) in [4.78, 5) is 49.2. The zero-order valence-electron chi connectivity index (χ0n) is 31.5. The Labute approximate surface area is 312 Å². The number of methoxy groups -OCH3 is 2. The maximum atomic E-state index is 13.3. The van der Waals surface area contributed by atoms with E-state index in [0.717, 1.165) is 39.8 Å². The van der Waals surface area contributed by atoms with Crippen LogP contribution in [0, 0.1) is 36.5 Å². The number of amides is 4. The first-order valence-corrected chi connectivity index (χ1v) is 18.7. The molecule has 6 rings (SSSR count). The first-order valence-electron chi connectivity index (χ1n) is 18.7. The van der Waals surface area contributed by atoms with Gasteiger partial charge < -0.3 is 41.6 Å². The fourth-order valence-corrected chi connectivity index (χ4v) is 8.38. The molecule has 286 valence electrons. The molecule has 0 spiro atoms. The van der Waals surface area contributed by atoms with Gasteiger partial charge in [-0.15, -0.1) is 0 Å². The van der Waals surface area contributed by atoms with Crippen LogP contribution in [0.25, 0.3) is 11.8 Å². The van der Waals surface area contributed by atoms with E-state index < -0.39 is 35.9 Å². The van der Waals surface area contributed by atoms with E-state index in [4.69, 9.17) is 25.7 Å². The number of allylic oxidation sites excluding steroid dienone is 1. The number of carbonyl (C=O) groups excluding carboxylic acids is 4. The number of nitrogens with one attached hydrogen (secondary N) is 3. The topological polar surface area (TPSA) is 184 Å². The van der Waals surface area contributed by atoms with Crippen molar-refractivity contribution in [3.8, 4) is 5.75 Å². The Kier molecular flexibility index (Phi) is 13.2. The minimum Gasteiger partial charge on any atom is -0.496 e. The zero-order chi connectivity index (χ0) is 38.2. The van der Waals surface area contributed by atoms with Crippen LogP contribution in [0.5, 0.6) is 5.75 Å². The molecule has 4 amide bonds. The molecule has 2 aromatic rings. The van der Waals surface area contributed by atoms with E-state index in [-0.39, 0.29) is 25.5 Å². The summed E-state index contributed by atoms with van der Waals surface area (Å²) in [6.45, 7) is 6.17. The van der Waals surface area contributed by atoms with E-state index >= 15 is 0 Å². The fraction of sp³-hybridized carbons (Fsp3) is 0.512. The molecule has 4 saturated carbocycles. The lowest BCUT2D eigenvalue weighted by Crippen LogP contribution is -2.51. The molecule has 2 atom stereocenters. The molecule has 53 heavy (non-hydrogen) atoms. The van der Waals surface area contributed by atoms with Gasteiger partial charge in [0.05, 0.1) is 20.3 Å². The summed E-state index contributed by atoms with van der Waals surface area (Å²) in [5.74, 6) is 2.97. The molecule has 4 aliphatic rings. The van der Waals surface area contributed by atoms with Crippen molar-refractivity contribution in [2.75, 3.05) is 26.1 Å². The second-order valence-corrected chi connectivity index (χ2v) is 15.0.